The van der Waals surface area contributed by atoms with E-state index in [1.54, 1.807) is 11.3 Å². The van der Waals surface area contributed by atoms with Gasteiger partial charge in [0, 0.05) is 43.2 Å². The topological polar surface area (TPSA) is 54.2 Å². The van der Waals surface area contributed by atoms with E-state index in [1.807, 2.05) is 6.07 Å². The van der Waals surface area contributed by atoms with E-state index in [0.29, 0.717) is 0 Å². The SMILES string of the molecule is C1=CC(c2cc(-c3csc(N4CCNCC4)n3)no2)=CCC1.Cl. The Morgan fingerprint density at radius 1 is 1.17 bits per heavy atom. The van der Waals surface area contributed by atoms with Crippen molar-refractivity contribution in [1.29, 1.82) is 0 Å². The third-order valence-corrected chi connectivity index (χ3v) is 4.83. The second kappa shape index (κ2) is 7.29. The number of aromatic nitrogens is 2. The van der Waals surface area contributed by atoms with Crippen LogP contribution in [0.5, 0.6) is 0 Å². The van der Waals surface area contributed by atoms with Crippen LogP contribution in [0.15, 0.2) is 34.2 Å². The lowest BCUT2D eigenvalue weighted by Gasteiger charge is -2.26. The lowest BCUT2D eigenvalue weighted by Crippen LogP contribution is -2.43. The molecule has 0 radical (unpaired) electrons. The Labute approximate surface area is 145 Å². The van der Waals surface area contributed by atoms with Crippen LogP contribution in [0.25, 0.3) is 17.0 Å². The van der Waals surface area contributed by atoms with Crippen LogP contribution in [0.4, 0.5) is 5.13 Å². The van der Waals surface area contributed by atoms with E-state index in [-0.39, 0.29) is 12.4 Å². The fourth-order valence-corrected chi connectivity index (χ4v) is 3.58. The Balaban J connectivity index is 0.00000156. The van der Waals surface area contributed by atoms with Gasteiger partial charge in [-0.1, -0.05) is 23.4 Å². The van der Waals surface area contributed by atoms with Crippen molar-refractivity contribution in [2.45, 2.75) is 12.8 Å². The van der Waals surface area contributed by atoms with Crippen molar-refractivity contribution in [3.8, 4) is 11.4 Å². The number of thiazole rings is 1. The summed E-state index contributed by atoms with van der Waals surface area (Å²) in [6, 6.07) is 1.98. The van der Waals surface area contributed by atoms with Crippen LogP contribution in [0.3, 0.4) is 0 Å². The van der Waals surface area contributed by atoms with Gasteiger partial charge < -0.3 is 14.7 Å². The molecule has 1 fully saturated rings. The average Bonchev–Trinajstić information content (AvgIpc) is 3.26. The summed E-state index contributed by atoms with van der Waals surface area (Å²) in [5.74, 6) is 0.822. The number of rotatable bonds is 3. The highest BCUT2D eigenvalue weighted by atomic mass is 35.5. The average molecular weight is 351 g/mol. The maximum atomic E-state index is 5.48. The summed E-state index contributed by atoms with van der Waals surface area (Å²) in [4.78, 5) is 7.04. The molecule has 1 aliphatic heterocycles. The number of halogens is 1. The molecule has 4 rings (SSSR count). The Hall–Kier alpha value is -1.63. The van der Waals surface area contributed by atoms with E-state index in [9.17, 15) is 0 Å². The first-order chi connectivity index (χ1) is 10.9. The standard InChI is InChI=1S/C16H18N4OS.ClH/c1-2-4-12(5-3-1)15-10-13(19-21-15)14-11-22-16(18-14)20-8-6-17-7-9-20;/h2,4-5,10-11,17H,1,3,6-9H2;1H. The number of nitrogens with one attached hydrogen (secondary N) is 1. The van der Waals surface area contributed by atoms with Crippen molar-refractivity contribution in [3.05, 3.63) is 35.4 Å². The minimum absolute atomic E-state index is 0. The number of hydrogen-bond donors (Lipinski definition) is 1. The molecule has 1 aliphatic carbocycles. The van der Waals surface area contributed by atoms with Crippen LogP contribution >= 0.6 is 23.7 Å². The minimum atomic E-state index is 0. The summed E-state index contributed by atoms with van der Waals surface area (Å²) in [5.41, 5.74) is 2.82. The molecule has 2 aromatic heterocycles. The molecule has 0 bridgehead atoms. The summed E-state index contributed by atoms with van der Waals surface area (Å²) in [7, 11) is 0. The second-order valence-corrected chi connectivity index (χ2v) is 6.30. The van der Waals surface area contributed by atoms with Gasteiger partial charge in [-0.05, 0) is 12.8 Å². The third-order valence-electron chi connectivity index (χ3n) is 3.93. The third kappa shape index (κ3) is 3.49. The number of hydrogen-bond acceptors (Lipinski definition) is 6. The Morgan fingerprint density at radius 2 is 2.04 bits per heavy atom. The fourth-order valence-electron chi connectivity index (χ4n) is 2.71. The molecule has 5 nitrogen and oxygen atoms in total. The molecule has 0 aromatic carbocycles. The molecule has 3 heterocycles. The first-order valence-corrected chi connectivity index (χ1v) is 8.53. The van der Waals surface area contributed by atoms with Gasteiger partial charge in [0.1, 0.15) is 11.4 Å². The molecular formula is C16H19ClN4OS. The minimum Gasteiger partial charge on any atom is -0.356 e. The highest BCUT2D eigenvalue weighted by molar-refractivity contribution is 7.14. The zero-order valence-electron chi connectivity index (χ0n) is 12.7. The van der Waals surface area contributed by atoms with Crippen LogP contribution in [-0.4, -0.2) is 36.3 Å². The Bertz CT molecular complexity index is 715. The van der Waals surface area contributed by atoms with Gasteiger partial charge in [-0.3, -0.25) is 0 Å². The molecule has 2 aromatic rings. The van der Waals surface area contributed by atoms with Crippen molar-refractivity contribution in [3.63, 3.8) is 0 Å². The van der Waals surface area contributed by atoms with Gasteiger partial charge >= 0.3 is 0 Å². The zero-order valence-corrected chi connectivity index (χ0v) is 14.3. The molecule has 0 amide bonds. The summed E-state index contributed by atoms with van der Waals surface area (Å²) in [6.07, 6.45) is 8.62. The summed E-state index contributed by atoms with van der Waals surface area (Å²) in [5, 5.41) is 10.7. The number of nitrogens with zero attached hydrogens (tertiary/aromatic N) is 3. The lowest BCUT2D eigenvalue weighted by molar-refractivity contribution is 0.413. The van der Waals surface area contributed by atoms with Gasteiger partial charge in [-0.25, -0.2) is 4.98 Å². The Morgan fingerprint density at radius 3 is 2.83 bits per heavy atom. The first-order valence-electron chi connectivity index (χ1n) is 7.65. The summed E-state index contributed by atoms with van der Waals surface area (Å²) >= 11 is 1.67. The maximum absolute atomic E-state index is 5.48. The van der Waals surface area contributed by atoms with Crippen LogP contribution in [0, 0.1) is 0 Å². The predicted molar refractivity (Wildman–Crippen MR) is 96.3 cm³/mol. The molecule has 1 saturated heterocycles. The molecule has 0 atom stereocenters. The fraction of sp³-hybridized carbons (Fsp3) is 0.375. The highest BCUT2D eigenvalue weighted by Gasteiger charge is 2.17. The molecule has 1 N–H and O–H groups in total. The molecule has 2 aliphatic rings. The van der Waals surface area contributed by atoms with Crippen molar-refractivity contribution in [2.24, 2.45) is 0 Å². The Kier molecular flexibility index (Phi) is 5.15. The first kappa shape index (κ1) is 16.2. The van der Waals surface area contributed by atoms with Gasteiger partial charge in [-0.15, -0.1) is 23.7 Å². The van der Waals surface area contributed by atoms with Crippen LogP contribution in [0.1, 0.15) is 18.6 Å². The predicted octanol–water partition coefficient (Wildman–Crippen LogP) is 3.36. The lowest BCUT2D eigenvalue weighted by atomic mass is 10.0. The zero-order chi connectivity index (χ0) is 14.8. The maximum Gasteiger partial charge on any atom is 0.186 e. The smallest absolute Gasteiger partial charge is 0.186 e. The quantitative estimate of drug-likeness (QED) is 0.919. The molecule has 23 heavy (non-hydrogen) atoms. The second-order valence-electron chi connectivity index (χ2n) is 5.47. The monoisotopic (exact) mass is 350 g/mol. The molecule has 0 spiro atoms. The van der Waals surface area contributed by atoms with Gasteiger partial charge in [0.25, 0.3) is 0 Å². The van der Waals surface area contributed by atoms with Crippen molar-refractivity contribution >= 4 is 34.4 Å². The molecule has 7 heteroatoms. The van der Waals surface area contributed by atoms with E-state index in [1.165, 1.54) is 0 Å². The largest absolute Gasteiger partial charge is 0.356 e. The van der Waals surface area contributed by atoms with E-state index in [4.69, 9.17) is 9.51 Å². The van der Waals surface area contributed by atoms with Gasteiger partial charge in [-0.2, -0.15) is 0 Å². The normalized spacial score (nSPS) is 17.7. The van der Waals surface area contributed by atoms with Crippen molar-refractivity contribution in [1.82, 2.24) is 15.5 Å². The van der Waals surface area contributed by atoms with E-state index in [0.717, 1.165) is 66.9 Å². The summed E-state index contributed by atoms with van der Waals surface area (Å²) in [6.45, 7) is 4.05. The van der Waals surface area contributed by atoms with Gasteiger partial charge in [0.15, 0.2) is 10.9 Å². The van der Waals surface area contributed by atoms with E-state index >= 15 is 0 Å². The molecule has 0 saturated carbocycles. The van der Waals surface area contributed by atoms with Gasteiger partial charge in [0.05, 0.1) is 0 Å². The van der Waals surface area contributed by atoms with Crippen molar-refractivity contribution < 1.29 is 4.52 Å². The number of allylic oxidation sites excluding steroid dienone is 4. The van der Waals surface area contributed by atoms with E-state index < -0.39 is 0 Å². The molecular weight excluding hydrogens is 332 g/mol. The molecule has 0 unspecified atom stereocenters. The van der Waals surface area contributed by atoms with E-state index in [2.05, 4.69) is 39.0 Å². The van der Waals surface area contributed by atoms with Crippen LogP contribution in [-0.2, 0) is 0 Å². The molecule has 122 valence electrons. The van der Waals surface area contributed by atoms with Crippen molar-refractivity contribution in [2.75, 3.05) is 31.1 Å². The highest BCUT2D eigenvalue weighted by Crippen LogP contribution is 2.30. The van der Waals surface area contributed by atoms with Crippen LogP contribution in [0.2, 0.25) is 0 Å². The summed E-state index contributed by atoms with van der Waals surface area (Å²) < 4.78 is 5.48. The van der Waals surface area contributed by atoms with Crippen LogP contribution < -0.4 is 10.2 Å². The number of piperazine rings is 1. The van der Waals surface area contributed by atoms with Gasteiger partial charge in [0.2, 0.25) is 0 Å². The number of anilines is 1.